The van der Waals surface area contributed by atoms with Gasteiger partial charge in [-0.15, -0.1) is 0 Å². The average molecular weight is 342 g/mol. The minimum absolute atomic E-state index is 0.131. The van der Waals surface area contributed by atoms with Crippen LogP contribution in [0.4, 0.5) is 13.2 Å². The number of likely N-dealkylation sites (tertiary alicyclic amines) is 2. The second-order valence-electron chi connectivity index (χ2n) is 6.59. The lowest BCUT2D eigenvalue weighted by atomic mass is 9.90. The van der Waals surface area contributed by atoms with Crippen molar-refractivity contribution in [2.75, 3.05) is 39.3 Å². The van der Waals surface area contributed by atoms with Gasteiger partial charge in [-0.3, -0.25) is 9.80 Å². The average Bonchev–Trinajstić information content (AvgIpc) is 2.46. The predicted octanol–water partition coefficient (Wildman–Crippen LogP) is -0.980. The van der Waals surface area contributed by atoms with Gasteiger partial charge in [0.15, 0.2) is 0 Å². The molecule has 0 aromatic heterocycles. The van der Waals surface area contributed by atoms with Crippen LogP contribution in [-0.4, -0.2) is 100 Å². The fourth-order valence-corrected chi connectivity index (χ4v) is 3.50. The van der Waals surface area contributed by atoms with Gasteiger partial charge in [0.05, 0.1) is 25.3 Å². The van der Waals surface area contributed by atoms with Gasteiger partial charge in [0.25, 0.3) is 0 Å². The lowest BCUT2D eigenvalue weighted by Gasteiger charge is -2.45. The molecule has 0 aliphatic carbocycles. The van der Waals surface area contributed by atoms with Crippen LogP contribution in [0.5, 0.6) is 0 Å². The summed E-state index contributed by atoms with van der Waals surface area (Å²) >= 11 is 0. The molecule has 2 rings (SSSR count). The first-order chi connectivity index (χ1) is 10.7. The molecule has 9 heteroatoms. The van der Waals surface area contributed by atoms with Crippen molar-refractivity contribution in [3.8, 4) is 0 Å². The fourth-order valence-electron chi connectivity index (χ4n) is 3.50. The Kier molecular flexibility index (Phi) is 6.26. The molecule has 0 spiro atoms. The van der Waals surface area contributed by atoms with E-state index in [1.807, 2.05) is 0 Å². The number of piperidine rings is 2. The van der Waals surface area contributed by atoms with Crippen LogP contribution in [0.25, 0.3) is 0 Å². The number of alkyl halides is 3. The van der Waals surface area contributed by atoms with Crippen LogP contribution in [0, 0.1) is 5.92 Å². The Hall–Kier alpha value is -0.450. The summed E-state index contributed by atoms with van der Waals surface area (Å²) in [6.07, 6.45) is -6.63. The van der Waals surface area contributed by atoms with E-state index in [2.05, 4.69) is 0 Å². The number of hydrogen-bond acceptors (Lipinski definition) is 6. The van der Waals surface area contributed by atoms with Crippen LogP contribution in [0.3, 0.4) is 0 Å². The normalized spacial score (nSPS) is 35.6. The van der Waals surface area contributed by atoms with Crippen molar-refractivity contribution < 1.29 is 33.6 Å². The van der Waals surface area contributed by atoms with E-state index in [9.17, 15) is 33.6 Å². The van der Waals surface area contributed by atoms with Gasteiger partial charge in [0, 0.05) is 13.1 Å². The van der Waals surface area contributed by atoms with E-state index >= 15 is 0 Å². The third-order valence-corrected chi connectivity index (χ3v) is 4.82. The van der Waals surface area contributed by atoms with E-state index < -0.39 is 37.1 Å². The maximum absolute atomic E-state index is 12.4. The summed E-state index contributed by atoms with van der Waals surface area (Å²) in [7, 11) is 0. The van der Waals surface area contributed by atoms with E-state index in [1.165, 1.54) is 4.90 Å². The first kappa shape index (κ1) is 18.9. The smallest absolute Gasteiger partial charge is 0.395 e. The van der Waals surface area contributed by atoms with Gasteiger partial charge in [-0.1, -0.05) is 0 Å². The zero-order chi connectivity index (χ0) is 17.2. The maximum Gasteiger partial charge on any atom is 0.401 e. The molecule has 4 atom stereocenters. The Morgan fingerprint density at radius 3 is 2.13 bits per heavy atom. The number of nitrogens with zero attached hydrogens (tertiary/aromatic N) is 2. The zero-order valence-electron chi connectivity index (χ0n) is 12.9. The van der Waals surface area contributed by atoms with Crippen LogP contribution < -0.4 is 0 Å². The van der Waals surface area contributed by atoms with Crippen molar-refractivity contribution in [3.63, 3.8) is 0 Å². The Labute approximate surface area is 133 Å². The molecule has 23 heavy (non-hydrogen) atoms. The monoisotopic (exact) mass is 342 g/mol. The highest BCUT2D eigenvalue weighted by Gasteiger charge is 2.42. The molecule has 0 amide bonds. The second kappa shape index (κ2) is 7.62. The number of hydrogen-bond donors (Lipinski definition) is 4. The molecule has 2 aliphatic heterocycles. The van der Waals surface area contributed by atoms with Crippen LogP contribution in [0.2, 0.25) is 0 Å². The quantitative estimate of drug-likeness (QED) is 0.525. The molecular formula is C14H25F3N2O4. The predicted molar refractivity (Wildman–Crippen MR) is 75.7 cm³/mol. The summed E-state index contributed by atoms with van der Waals surface area (Å²) in [5, 5.41) is 38.8. The molecule has 0 saturated carbocycles. The Morgan fingerprint density at radius 2 is 1.61 bits per heavy atom. The molecule has 0 aromatic rings. The van der Waals surface area contributed by atoms with Gasteiger partial charge < -0.3 is 20.4 Å². The van der Waals surface area contributed by atoms with Crippen LogP contribution in [0.15, 0.2) is 0 Å². The number of aliphatic hydroxyl groups is 4. The Morgan fingerprint density at radius 1 is 1.00 bits per heavy atom. The fraction of sp³-hybridized carbons (Fsp3) is 1.00. The van der Waals surface area contributed by atoms with E-state index in [4.69, 9.17) is 0 Å². The summed E-state index contributed by atoms with van der Waals surface area (Å²) in [5.74, 6) is 0.142. The Balaban J connectivity index is 1.85. The van der Waals surface area contributed by atoms with Crippen molar-refractivity contribution in [1.29, 1.82) is 0 Å². The number of halogens is 3. The molecule has 0 radical (unpaired) electrons. The third-order valence-electron chi connectivity index (χ3n) is 4.82. The highest BCUT2D eigenvalue weighted by Crippen LogP contribution is 2.26. The summed E-state index contributed by atoms with van der Waals surface area (Å²) in [5.41, 5.74) is 0. The van der Waals surface area contributed by atoms with Crippen molar-refractivity contribution >= 4 is 0 Å². The van der Waals surface area contributed by atoms with Gasteiger partial charge in [-0.25, -0.2) is 0 Å². The standard InChI is InChI=1S/C14H25F3N2O4/c15-14(16,17)8-18-3-1-9(2-4-18)5-19-6-11(21)13(23)12(22)10(19)7-20/h9-13,20-23H,1-8H2/t10-,11+,12-,13-/m1/s1. The first-order valence-corrected chi connectivity index (χ1v) is 7.89. The number of β-amino-alcohol motifs (C(OH)–C–C–N with tert-alkyl or cyclic N) is 1. The van der Waals surface area contributed by atoms with Gasteiger partial charge >= 0.3 is 6.18 Å². The minimum Gasteiger partial charge on any atom is -0.395 e. The minimum atomic E-state index is -4.19. The third kappa shape index (κ3) is 5.01. The van der Waals surface area contributed by atoms with Crippen molar-refractivity contribution in [2.45, 2.75) is 43.4 Å². The molecule has 2 fully saturated rings. The molecule has 0 unspecified atom stereocenters. The summed E-state index contributed by atoms with van der Waals surface area (Å²) < 4.78 is 37.1. The van der Waals surface area contributed by atoms with Crippen LogP contribution in [0.1, 0.15) is 12.8 Å². The van der Waals surface area contributed by atoms with E-state index in [-0.39, 0.29) is 19.1 Å². The van der Waals surface area contributed by atoms with Gasteiger partial charge in [-0.2, -0.15) is 13.2 Å². The maximum atomic E-state index is 12.4. The van der Waals surface area contributed by atoms with Crippen molar-refractivity contribution in [1.82, 2.24) is 9.80 Å². The van der Waals surface area contributed by atoms with Gasteiger partial charge in [0.1, 0.15) is 12.2 Å². The second-order valence-corrected chi connectivity index (χ2v) is 6.59. The highest BCUT2D eigenvalue weighted by molar-refractivity contribution is 4.95. The molecule has 2 aliphatic rings. The lowest BCUT2D eigenvalue weighted by molar-refractivity contribution is -0.154. The summed E-state index contributed by atoms with van der Waals surface area (Å²) in [6, 6.07) is -0.665. The number of aliphatic hydroxyl groups excluding tert-OH is 4. The van der Waals surface area contributed by atoms with Crippen molar-refractivity contribution in [2.24, 2.45) is 5.92 Å². The zero-order valence-corrected chi connectivity index (χ0v) is 12.9. The molecule has 2 saturated heterocycles. The van der Waals surface area contributed by atoms with E-state index in [1.54, 1.807) is 4.90 Å². The van der Waals surface area contributed by atoms with Crippen molar-refractivity contribution in [3.05, 3.63) is 0 Å². The molecule has 4 N–H and O–H groups in total. The summed E-state index contributed by atoms with van der Waals surface area (Å²) in [4.78, 5) is 3.11. The lowest BCUT2D eigenvalue weighted by Crippen LogP contribution is -2.63. The topological polar surface area (TPSA) is 87.4 Å². The molecule has 2 heterocycles. The molecule has 6 nitrogen and oxygen atoms in total. The number of rotatable bonds is 4. The largest absolute Gasteiger partial charge is 0.401 e. The van der Waals surface area contributed by atoms with E-state index in [0.29, 0.717) is 32.5 Å². The molecular weight excluding hydrogens is 317 g/mol. The van der Waals surface area contributed by atoms with E-state index in [0.717, 1.165) is 0 Å². The van der Waals surface area contributed by atoms with Crippen LogP contribution >= 0.6 is 0 Å². The van der Waals surface area contributed by atoms with Gasteiger partial charge in [0.2, 0.25) is 0 Å². The molecule has 0 aromatic carbocycles. The SMILES string of the molecule is OC[C@@H]1[C@@H](O)[C@H](O)[C@@H](O)CN1CC1CCN(CC(F)(F)F)CC1. The first-order valence-electron chi connectivity index (χ1n) is 7.89. The molecule has 136 valence electrons. The van der Waals surface area contributed by atoms with Gasteiger partial charge in [-0.05, 0) is 31.8 Å². The molecule has 0 bridgehead atoms. The van der Waals surface area contributed by atoms with Crippen LogP contribution in [-0.2, 0) is 0 Å². The summed E-state index contributed by atoms with van der Waals surface area (Å²) in [6.45, 7) is 0.0768. The highest BCUT2D eigenvalue weighted by atomic mass is 19.4. The Bertz CT molecular complexity index is 378.